The van der Waals surface area contributed by atoms with E-state index in [2.05, 4.69) is 20.9 Å². The first-order valence-corrected chi connectivity index (χ1v) is 12.0. The van der Waals surface area contributed by atoms with Crippen LogP contribution in [0.5, 0.6) is 0 Å². The van der Waals surface area contributed by atoms with Gasteiger partial charge in [0, 0.05) is 50.3 Å². The second kappa shape index (κ2) is 11.5. The number of nitrogens with two attached hydrogens (primary N) is 1. The lowest BCUT2D eigenvalue weighted by Crippen LogP contribution is -2.31. The Bertz CT molecular complexity index is 1520. The molecule has 0 aliphatic carbocycles. The summed E-state index contributed by atoms with van der Waals surface area (Å²) in [5.74, 6) is -0.463. The average Bonchev–Trinajstić information content (AvgIpc) is 2.92. The number of carbonyl (C=O) groups excluding carboxylic acids is 2. The number of hydrogen-bond donors (Lipinski definition) is 4. The fourth-order valence-electron chi connectivity index (χ4n) is 3.95. The molecule has 0 saturated heterocycles. The minimum Gasteiger partial charge on any atom is -0.384 e. The standard InChI is InChI=1S/C27H30N8O3/c1-29-26(37)22-23(36)20-10-11-21(33-25(20)35(24(22)28)14-13-34(2)3)18-6-8-19(9-7-18)32-27(38)31-16-17-5-4-12-30-15-17/h4-12,15H,13-14,16,28H2,1-3H3,(H,29,37)(H2,31,32,38). The highest BCUT2D eigenvalue weighted by Crippen LogP contribution is 2.24. The van der Waals surface area contributed by atoms with Crippen LogP contribution in [0.15, 0.2) is 65.7 Å². The lowest BCUT2D eigenvalue weighted by atomic mass is 10.1. The molecule has 38 heavy (non-hydrogen) atoms. The molecule has 0 radical (unpaired) electrons. The minimum atomic E-state index is -0.537. The molecule has 0 bridgehead atoms. The maximum Gasteiger partial charge on any atom is 0.319 e. The molecule has 0 saturated carbocycles. The molecule has 3 heterocycles. The van der Waals surface area contributed by atoms with Crippen LogP contribution in [-0.2, 0) is 13.1 Å². The molecular weight excluding hydrogens is 484 g/mol. The Morgan fingerprint density at radius 3 is 2.50 bits per heavy atom. The van der Waals surface area contributed by atoms with Gasteiger partial charge in [-0.15, -0.1) is 0 Å². The summed E-state index contributed by atoms with van der Waals surface area (Å²) in [6, 6.07) is 13.9. The quantitative estimate of drug-likeness (QED) is 0.282. The van der Waals surface area contributed by atoms with Crippen molar-refractivity contribution < 1.29 is 9.59 Å². The van der Waals surface area contributed by atoms with Gasteiger partial charge in [0.2, 0.25) is 5.43 Å². The molecular formula is C27H30N8O3. The predicted octanol–water partition coefficient (Wildman–Crippen LogP) is 2.28. The Morgan fingerprint density at radius 2 is 1.84 bits per heavy atom. The van der Waals surface area contributed by atoms with E-state index in [1.165, 1.54) is 7.05 Å². The summed E-state index contributed by atoms with van der Waals surface area (Å²) < 4.78 is 1.70. The number of carbonyl (C=O) groups is 2. The van der Waals surface area contributed by atoms with E-state index in [-0.39, 0.29) is 17.4 Å². The maximum absolute atomic E-state index is 13.1. The molecule has 0 spiro atoms. The first-order chi connectivity index (χ1) is 18.3. The lowest BCUT2D eigenvalue weighted by molar-refractivity contribution is 0.0962. The van der Waals surface area contributed by atoms with Gasteiger partial charge in [-0.1, -0.05) is 18.2 Å². The number of urea groups is 1. The Hall–Kier alpha value is -4.77. The van der Waals surface area contributed by atoms with Crippen molar-refractivity contribution in [3.05, 3.63) is 82.3 Å². The van der Waals surface area contributed by atoms with E-state index in [0.29, 0.717) is 42.0 Å². The number of aromatic nitrogens is 3. The molecule has 5 N–H and O–H groups in total. The van der Waals surface area contributed by atoms with E-state index < -0.39 is 11.3 Å². The highest BCUT2D eigenvalue weighted by molar-refractivity contribution is 6.01. The molecule has 0 atom stereocenters. The van der Waals surface area contributed by atoms with E-state index in [1.807, 2.05) is 43.3 Å². The smallest absolute Gasteiger partial charge is 0.319 e. The summed E-state index contributed by atoms with van der Waals surface area (Å²) in [5.41, 5.74) is 9.08. The van der Waals surface area contributed by atoms with E-state index in [0.717, 1.165) is 11.1 Å². The Balaban J connectivity index is 1.60. The summed E-state index contributed by atoms with van der Waals surface area (Å²) in [7, 11) is 5.31. The topological polar surface area (TPSA) is 147 Å². The van der Waals surface area contributed by atoms with E-state index in [1.54, 1.807) is 41.2 Å². The first-order valence-electron chi connectivity index (χ1n) is 12.0. The fourth-order valence-corrected chi connectivity index (χ4v) is 3.95. The molecule has 196 valence electrons. The second-order valence-corrected chi connectivity index (χ2v) is 8.94. The van der Waals surface area contributed by atoms with Crippen LogP contribution in [0.3, 0.4) is 0 Å². The lowest BCUT2D eigenvalue weighted by Gasteiger charge is -2.19. The molecule has 0 fully saturated rings. The third-order valence-corrected chi connectivity index (χ3v) is 5.99. The van der Waals surface area contributed by atoms with Gasteiger partial charge in [0.1, 0.15) is 17.0 Å². The molecule has 11 heteroatoms. The SMILES string of the molecule is CNC(=O)c1c(N)n(CCN(C)C)c2nc(-c3ccc(NC(=O)NCc4cccnc4)cc3)ccc2c1=O. The summed E-state index contributed by atoms with van der Waals surface area (Å²) in [6.07, 6.45) is 3.37. The molecule has 0 unspecified atom stereocenters. The van der Waals surface area contributed by atoms with Gasteiger partial charge in [0.25, 0.3) is 5.91 Å². The Morgan fingerprint density at radius 1 is 1.08 bits per heavy atom. The van der Waals surface area contributed by atoms with Crippen LogP contribution in [0.2, 0.25) is 0 Å². The Labute approximate surface area is 219 Å². The van der Waals surface area contributed by atoms with Gasteiger partial charge < -0.3 is 31.2 Å². The van der Waals surface area contributed by atoms with Crippen molar-refractivity contribution in [2.45, 2.75) is 13.1 Å². The number of rotatable bonds is 8. The average molecular weight is 515 g/mol. The monoisotopic (exact) mass is 514 g/mol. The van der Waals surface area contributed by atoms with Crippen LogP contribution in [0, 0.1) is 0 Å². The van der Waals surface area contributed by atoms with Gasteiger partial charge in [0.15, 0.2) is 0 Å². The van der Waals surface area contributed by atoms with Crippen LogP contribution in [0.25, 0.3) is 22.3 Å². The number of amides is 3. The van der Waals surface area contributed by atoms with Crippen molar-refractivity contribution in [3.8, 4) is 11.3 Å². The molecule has 0 aliphatic rings. The van der Waals surface area contributed by atoms with Crippen molar-refractivity contribution in [1.82, 2.24) is 30.1 Å². The van der Waals surface area contributed by atoms with E-state index in [9.17, 15) is 14.4 Å². The minimum absolute atomic E-state index is 0.0743. The van der Waals surface area contributed by atoms with Crippen LogP contribution < -0.4 is 27.1 Å². The highest BCUT2D eigenvalue weighted by Gasteiger charge is 2.21. The third-order valence-electron chi connectivity index (χ3n) is 5.99. The first kappa shape index (κ1) is 26.3. The van der Waals surface area contributed by atoms with E-state index in [4.69, 9.17) is 10.7 Å². The van der Waals surface area contributed by atoms with Gasteiger partial charge in [-0.05, 0) is 50.0 Å². The summed E-state index contributed by atoms with van der Waals surface area (Å²) in [5, 5.41) is 8.39. The molecule has 11 nitrogen and oxygen atoms in total. The number of nitrogens with zero attached hydrogens (tertiary/aromatic N) is 4. The molecule has 4 rings (SSSR count). The van der Waals surface area contributed by atoms with Gasteiger partial charge in [-0.2, -0.15) is 0 Å². The van der Waals surface area contributed by atoms with Crippen LogP contribution in [0.4, 0.5) is 16.3 Å². The van der Waals surface area contributed by atoms with Crippen molar-refractivity contribution in [1.29, 1.82) is 0 Å². The number of likely N-dealkylation sites (N-methyl/N-ethyl adjacent to an activating group) is 1. The second-order valence-electron chi connectivity index (χ2n) is 8.94. The van der Waals surface area contributed by atoms with Gasteiger partial charge in [0.05, 0.1) is 11.1 Å². The van der Waals surface area contributed by atoms with Gasteiger partial charge in [-0.25, -0.2) is 9.78 Å². The number of nitrogen functional groups attached to an aromatic ring is 1. The number of pyridine rings is 3. The van der Waals surface area contributed by atoms with Crippen LogP contribution in [0.1, 0.15) is 15.9 Å². The molecule has 3 amide bonds. The summed E-state index contributed by atoms with van der Waals surface area (Å²) >= 11 is 0. The molecule has 4 aromatic rings. The third kappa shape index (κ3) is 5.79. The van der Waals surface area contributed by atoms with Crippen LogP contribution >= 0.6 is 0 Å². The number of nitrogens with one attached hydrogen (secondary N) is 3. The number of anilines is 2. The Kier molecular flexibility index (Phi) is 7.97. The molecule has 3 aromatic heterocycles. The highest BCUT2D eigenvalue weighted by atomic mass is 16.2. The number of hydrogen-bond acceptors (Lipinski definition) is 7. The fraction of sp³-hybridized carbons (Fsp3) is 0.222. The van der Waals surface area contributed by atoms with Crippen molar-refractivity contribution >= 4 is 34.5 Å². The summed E-state index contributed by atoms with van der Waals surface area (Å²) in [4.78, 5) is 48.6. The van der Waals surface area contributed by atoms with Gasteiger partial charge >= 0.3 is 6.03 Å². The molecule has 1 aromatic carbocycles. The zero-order valence-electron chi connectivity index (χ0n) is 21.5. The zero-order valence-corrected chi connectivity index (χ0v) is 21.5. The van der Waals surface area contributed by atoms with Crippen LogP contribution in [-0.4, -0.2) is 59.1 Å². The maximum atomic E-state index is 13.1. The van der Waals surface area contributed by atoms with Gasteiger partial charge in [-0.3, -0.25) is 14.6 Å². The number of fused-ring (bicyclic) bond motifs is 1. The summed E-state index contributed by atoms with van der Waals surface area (Å²) in [6.45, 7) is 1.43. The van der Waals surface area contributed by atoms with Crippen molar-refractivity contribution in [3.63, 3.8) is 0 Å². The van der Waals surface area contributed by atoms with Crippen molar-refractivity contribution in [2.24, 2.45) is 0 Å². The normalized spacial score (nSPS) is 10.9. The predicted molar refractivity (Wildman–Crippen MR) is 148 cm³/mol. The molecule has 0 aliphatic heterocycles. The van der Waals surface area contributed by atoms with E-state index >= 15 is 0 Å². The van der Waals surface area contributed by atoms with Crippen molar-refractivity contribution in [2.75, 3.05) is 38.7 Å². The number of benzene rings is 1. The largest absolute Gasteiger partial charge is 0.384 e. The zero-order chi connectivity index (χ0) is 27.2.